The number of benzene rings is 2. The molecular weight excluding hydrogens is 848 g/mol. The molecule has 1 amide bonds. The molecule has 2 atom stereocenters. The smallest absolute Gasteiger partial charge is 0.292 e. The topological polar surface area (TPSA) is 158 Å². The van der Waals surface area contributed by atoms with Crippen LogP contribution in [0.15, 0.2) is 64.2 Å². The van der Waals surface area contributed by atoms with Crippen LogP contribution >= 0.6 is 23.5 Å². The van der Waals surface area contributed by atoms with Crippen molar-refractivity contribution < 1.29 is 39.9 Å². The quantitative estimate of drug-likeness (QED) is 0.0424. The number of rotatable bonds is 15. The zero-order valence-electron chi connectivity index (χ0n) is 31.2. The summed E-state index contributed by atoms with van der Waals surface area (Å²) in [5.74, 6) is -8.76. The molecule has 3 heterocycles. The Balaban J connectivity index is 1.42. The fourth-order valence-electron chi connectivity index (χ4n) is 6.85. The van der Waals surface area contributed by atoms with E-state index in [1.54, 1.807) is 0 Å². The molecule has 0 saturated heterocycles. The van der Waals surface area contributed by atoms with E-state index in [4.69, 9.17) is 17.3 Å². The van der Waals surface area contributed by atoms with Gasteiger partial charge in [-0.25, -0.2) is 31.3 Å². The molecule has 4 N–H and O–H groups in total. The maximum Gasteiger partial charge on any atom is 0.292 e. The lowest BCUT2D eigenvalue weighted by molar-refractivity contribution is -0.123. The van der Waals surface area contributed by atoms with Gasteiger partial charge in [0.1, 0.15) is 46.9 Å². The zero-order valence-corrected chi connectivity index (χ0v) is 32.7. The van der Waals surface area contributed by atoms with E-state index in [1.165, 1.54) is 37.6 Å². The number of hydrogen-bond donors (Lipinski definition) is 3. The Hall–Kier alpha value is -5.57. The number of fused-ring (bicyclic) bond motifs is 1. The third-order valence-corrected chi connectivity index (χ3v) is 11.1. The first-order chi connectivity index (χ1) is 28.5. The molecule has 0 radical (unpaired) electrons. The first-order valence-corrected chi connectivity index (χ1v) is 19.5. The highest BCUT2D eigenvalue weighted by atomic mass is 35.5. The number of halogens is 9. The number of carbonyl (C=O) groups excluding carboxylic acids is 1. The van der Waals surface area contributed by atoms with Crippen LogP contribution in [0.4, 0.5) is 40.8 Å². The summed E-state index contributed by atoms with van der Waals surface area (Å²) in [7, 11) is 0. The summed E-state index contributed by atoms with van der Waals surface area (Å²) >= 11 is 7.75. The lowest BCUT2D eigenvalue weighted by Gasteiger charge is -2.26. The minimum atomic E-state index is -3.64. The summed E-state index contributed by atoms with van der Waals surface area (Å²) in [6.45, 7) is -0.850. The molecule has 60 heavy (non-hydrogen) atoms. The Labute approximate surface area is 344 Å². The van der Waals surface area contributed by atoms with Gasteiger partial charge in [-0.05, 0) is 61.0 Å². The monoisotopic (exact) mass is 880 g/mol. The van der Waals surface area contributed by atoms with Crippen molar-refractivity contribution in [2.24, 2.45) is 16.0 Å². The summed E-state index contributed by atoms with van der Waals surface area (Å²) in [5, 5.41) is 8.93. The number of amidine groups is 1. The van der Waals surface area contributed by atoms with Crippen molar-refractivity contribution in [3.63, 3.8) is 0 Å². The molecule has 12 nitrogen and oxygen atoms in total. The Morgan fingerprint density at radius 2 is 1.82 bits per heavy atom. The van der Waals surface area contributed by atoms with Gasteiger partial charge in [0, 0.05) is 47.7 Å². The van der Waals surface area contributed by atoms with E-state index < -0.39 is 103 Å². The second-order valence-corrected chi connectivity index (χ2v) is 15.6. The molecule has 0 aliphatic heterocycles. The zero-order chi connectivity index (χ0) is 43.0. The molecule has 7 rings (SSSR count). The molecule has 1 saturated carbocycles. The van der Waals surface area contributed by atoms with E-state index in [-0.39, 0.29) is 50.0 Å². The highest BCUT2D eigenvalue weighted by Gasteiger charge is 2.51. The van der Waals surface area contributed by atoms with Crippen LogP contribution in [0.5, 0.6) is 0 Å². The maximum atomic E-state index is 15.4. The van der Waals surface area contributed by atoms with Gasteiger partial charge in [-0.3, -0.25) is 28.8 Å². The lowest BCUT2D eigenvalue weighted by atomic mass is 10.0. The van der Waals surface area contributed by atoms with Crippen molar-refractivity contribution in [2.75, 3.05) is 11.9 Å². The Bertz CT molecular complexity index is 2500. The minimum absolute atomic E-state index is 0.0481. The van der Waals surface area contributed by atoms with Gasteiger partial charge in [0.05, 0.1) is 46.4 Å². The molecular formula is C38H33ClF8N10O2S. The lowest BCUT2D eigenvalue weighted by Crippen LogP contribution is -2.38. The van der Waals surface area contributed by atoms with Crippen LogP contribution < -0.4 is 21.9 Å². The molecule has 316 valence electrons. The van der Waals surface area contributed by atoms with Crippen molar-refractivity contribution in [1.29, 1.82) is 0 Å². The molecule has 2 aliphatic rings. The second kappa shape index (κ2) is 17.2. The Morgan fingerprint density at radius 3 is 2.47 bits per heavy atom. The number of alkyl halides is 6. The van der Waals surface area contributed by atoms with Crippen LogP contribution in [-0.4, -0.2) is 59.3 Å². The molecule has 2 aromatic carbocycles. The third-order valence-electron chi connectivity index (χ3n) is 9.69. The largest absolute Gasteiger partial charge is 0.383 e. The van der Waals surface area contributed by atoms with Crippen molar-refractivity contribution in [2.45, 2.75) is 69.2 Å². The van der Waals surface area contributed by atoms with Crippen LogP contribution in [-0.2, 0) is 30.1 Å². The van der Waals surface area contributed by atoms with Crippen LogP contribution in [0.3, 0.4) is 0 Å². The Kier molecular flexibility index (Phi) is 12.2. The Morgan fingerprint density at radius 1 is 1.08 bits per heavy atom. The third kappa shape index (κ3) is 8.96. The predicted molar refractivity (Wildman–Crippen MR) is 207 cm³/mol. The van der Waals surface area contributed by atoms with E-state index in [1.807, 2.05) is 0 Å². The van der Waals surface area contributed by atoms with Gasteiger partial charge in [-0.2, -0.15) is 18.3 Å². The van der Waals surface area contributed by atoms with Crippen molar-refractivity contribution in [1.82, 2.24) is 34.6 Å². The first-order valence-electron chi connectivity index (χ1n) is 18.3. The number of nitrogens with two attached hydrogens (primary N) is 1. The average molecular weight is 881 g/mol. The molecule has 3 aromatic heterocycles. The summed E-state index contributed by atoms with van der Waals surface area (Å²) in [5.41, 5.74) is 2.68. The normalized spacial score (nSPS) is 16.7. The molecule has 2 unspecified atom stereocenters. The van der Waals surface area contributed by atoms with Gasteiger partial charge >= 0.3 is 0 Å². The summed E-state index contributed by atoms with van der Waals surface area (Å²) in [6, 6.07) is 4.45. The molecule has 0 spiro atoms. The summed E-state index contributed by atoms with van der Waals surface area (Å²) in [4.78, 5) is 41.3. The van der Waals surface area contributed by atoms with Gasteiger partial charge in [0.2, 0.25) is 5.91 Å². The van der Waals surface area contributed by atoms with Gasteiger partial charge < -0.3 is 16.4 Å². The van der Waals surface area contributed by atoms with Crippen LogP contribution in [0.1, 0.15) is 66.1 Å². The van der Waals surface area contributed by atoms with Gasteiger partial charge in [0.15, 0.2) is 0 Å². The van der Waals surface area contributed by atoms with Crippen LogP contribution in [0, 0.1) is 17.6 Å². The molecule has 2 aliphatic carbocycles. The number of aromatic nitrogens is 6. The number of anilines is 1. The highest BCUT2D eigenvalue weighted by Crippen LogP contribution is 2.48. The average Bonchev–Trinajstić information content (AvgIpc) is 3.90. The van der Waals surface area contributed by atoms with Crippen molar-refractivity contribution in [3.8, 4) is 17.1 Å². The molecule has 0 bridgehead atoms. The number of nitrogens with zero attached hydrogens (tertiary/aromatic N) is 7. The number of amides is 1. The SMILES string of the molecule is CC1Cc2c(C(F)F)nn(CC(=O)NC(Cc3cc(F)cc(F)c3)c3nc(-c4cnccn4)cc(=O)n3-c3ccc(Cl)c(C(N)=NSC4CC4)c3NCC(F)F)c2C1(F)F. The van der Waals surface area contributed by atoms with Crippen LogP contribution in [0.25, 0.3) is 17.1 Å². The van der Waals surface area contributed by atoms with E-state index in [9.17, 15) is 35.9 Å². The summed E-state index contributed by atoms with van der Waals surface area (Å²) < 4.78 is 122. The maximum absolute atomic E-state index is 15.4. The van der Waals surface area contributed by atoms with E-state index in [0.29, 0.717) is 10.7 Å². The molecule has 5 aromatic rings. The minimum Gasteiger partial charge on any atom is -0.383 e. The van der Waals surface area contributed by atoms with E-state index >= 15 is 8.78 Å². The predicted octanol–water partition coefficient (Wildman–Crippen LogP) is 7.33. The molecule has 1 fully saturated rings. The number of nitrogens with one attached hydrogen (secondary N) is 2. The second-order valence-electron chi connectivity index (χ2n) is 14.1. The summed E-state index contributed by atoms with van der Waals surface area (Å²) in [6.07, 6.45) is -1.51. The fraction of sp³-hybridized carbons (Fsp3) is 0.342. The van der Waals surface area contributed by atoms with E-state index in [0.717, 1.165) is 47.6 Å². The molecule has 22 heteroatoms. The van der Waals surface area contributed by atoms with Gasteiger partial charge in [-0.1, -0.05) is 18.5 Å². The highest BCUT2D eigenvalue weighted by molar-refractivity contribution is 7.99. The fourth-order valence-corrected chi connectivity index (χ4v) is 7.80. The van der Waals surface area contributed by atoms with Crippen molar-refractivity contribution in [3.05, 3.63) is 116 Å². The van der Waals surface area contributed by atoms with E-state index in [2.05, 4.69) is 35.1 Å². The van der Waals surface area contributed by atoms with Gasteiger partial charge in [0.25, 0.3) is 24.3 Å². The van der Waals surface area contributed by atoms with Crippen molar-refractivity contribution >= 4 is 41.0 Å². The number of hydrogen-bond acceptors (Lipinski definition) is 9. The standard InChI is InChI=1S/C38H33ClF8N10O2S/c1-17-8-22-32(35(44)45)54-56(34(22)38(17,46)47)16-29(58)52-25(11-18-9-19(40)12-20(41)10-18)37-53-24(26-14-49-6-7-50-26)13-30(59)57(37)27-5-4-23(39)31(33(27)51-15-28(42)43)36(48)55-60-21-2-3-21/h4-7,9-10,12-14,17,21,25,28,35,51H,2-3,8,11,15-16H2,1H3,(H2,48,55)(H,52,58). The van der Waals surface area contributed by atoms with Crippen LogP contribution in [0.2, 0.25) is 5.02 Å². The first kappa shape index (κ1) is 42.6. The van der Waals surface area contributed by atoms with Gasteiger partial charge in [-0.15, -0.1) is 0 Å². The number of carbonyl (C=O) groups is 1.